The average molecular weight is 543 g/mol. The first-order valence-electron chi connectivity index (χ1n) is 11.3. The molecule has 0 saturated carbocycles. The van der Waals surface area contributed by atoms with Crippen LogP contribution in [0.4, 0.5) is 0 Å². The maximum atomic E-state index is 12.4. The van der Waals surface area contributed by atoms with E-state index >= 15 is 0 Å². The molecule has 1 aromatic carbocycles. The largest absolute Gasteiger partial charge is 0.356 e. The van der Waals surface area contributed by atoms with Gasteiger partial charge in [0.2, 0.25) is 5.91 Å². The summed E-state index contributed by atoms with van der Waals surface area (Å²) in [5, 5.41) is 6.84. The van der Waals surface area contributed by atoms with Gasteiger partial charge in [0.15, 0.2) is 5.96 Å². The van der Waals surface area contributed by atoms with Crippen molar-refractivity contribution in [1.29, 1.82) is 0 Å². The predicted octanol–water partition coefficient (Wildman–Crippen LogP) is 1.50. The molecule has 1 amide bonds. The van der Waals surface area contributed by atoms with Crippen LogP contribution in [0, 0.1) is 5.92 Å². The van der Waals surface area contributed by atoms with E-state index in [1.54, 1.807) is 0 Å². The van der Waals surface area contributed by atoms with Gasteiger partial charge in [-0.05, 0) is 38.5 Å². The number of rotatable bonds is 8. The van der Waals surface area contributed by atoms with Crippen molar-refractivity contribution < 1.29 is 4.79 Å². The summed E-state index contributed by atoms with van der Waals surface area (Å²) in [5.41, 5.74) is 1.28. The molecule has 0 bridgehead atoms. The van der Waals surface area contributed by atoms with Gasteiger partial charge in [-0.3, -0.25) is 9.79 Å². The van der Waals surface area contributed by atoms with Crippen molar-refractivity contribution in [1.82, 2.24) is 25.3 Å². The second-order valence-corrected chi connectivity index (χ2v) is 8.52. The fraction of sp³-hybridized carbons (Fsp3) is 0.652. The van der Waals surface area contributed by atoms with Crippen LogP contribution in [-0.4, -0.2) is 99.6 Å². The molecule has 2 fully saturated rings. The molecule has 1 aromatic rings. The maximum Gasteiger partial charge on any atom is 0.223 e. The smallest absolute Gasteiger partial charge is 0.223 e. The van der Waals surface area contributed by atoms with Crippen LogP contribution in [0.5, 0.6) is 0 Å². The van der Waals surface area contributed by atoms with Gasteiger partial charge in [0.05, 0.1) is 0 Å². The lowest BCUT2D eigenvalue weighted by atomic mass is 10.1. The normalized spacial score (nSPS) is 21.0. The Bertz CT molecular complexity index is 686. The van der Waals surface area contributed by atoms with E-state index in [1.165, 1.54) is 25.1 Å². The third-order valence-electron chi connectivity index (χ3n) is 6.12. The average Bonchev–Trinajstić information content (AvgIpc) is 2.98. The van der Waals surface area contributed by atoms with Crippen LogP contribution >= 0.6 is 24.0 Å². The van der Waals surface area contributed by atoms with Gasteiger partial charge in [0.25, 0.3) is 0 Å². The number of amides is 1. The minimum atomic E-state index is 0. The number of guanidine groups is 1. The molecule has 0 aliphatic carbocycles. The molecule has 8 heteroatoms. The summed E-state index contributed by atoms with van der Waals surface area (Å²) in [6.07, 6.45) is 2.78. The monoisotopic (exact) mass is 542 g/mol. The summed E-state index contributed by atoms with van der Waals surface area (Å²) in [5.74, 6) is 1.44. The molecule has 174 valence electrons. The van der Waals surface area contributed by atoms with Gasteiger partial charge >= 0.3 is 0 Å². The van der Waals surface area contributed by atoms with E-state index in [9.17, 15) is 4.79 Å². The molecule has 7 nitrogen and oxygen atoms in total. The zero-order valence-electron chi connectivity index (χ0n) is 19.1. The molecule has 0 aromatic heterocycles. The minimum absolute atomic E-state index is 0. The van der Waals surface area contributed by atoms with Crippen molar-refractivity contribution in [3.05, 3.63) is 35.9 Å². The maximum absolute atomic E-state index is 12.4. The highest BCUT2D eigenvalue weighted by atomic mass is 127. The number of carbonyl (C=O) groups excluding carboxylic acids is 1. The van der Waals surface area contributed by atoms with Crippen molar-refractivity contribution >= 4 is 35.8 Å². The first-order chi connectivity index (χ1) is 14.6. The van der Waals surface area contributed by atoms with E-state index in [-0.39, 0.29) is 29.9 Å². The van der Waals surface area contributed by atoms with Crippen LogP contribution in [0.25, 0.3) is 0 Å². The van der Waals surface area contributed by atoms with E-state index < -0.39 is 0 Å². The Morgan fingerprint density at radius 1 is 1.10 bits per heavy atom. The lowest BCUT2D eigenvalue weighted by Gasteiger charge is -2.21. The van der Waals surface area contributed by atoms with Gasteiger partial charge in [0.1, 0.15) is 0 Å². The molecule has 2 aliphatic rings. The molecule has 2 saturated heterocycles. The Balaban J connectivity index is 0.00000341. The van der Waals surface area contributed by atoms with Crippen molar-refractivity contribution in [3.63, 3.8) is 0 Å². The fourth-order valence-electron chi connectivity index (χ4n) is 4.23. The Morgan fingerprint density at radius 2 is 1.90 bits per heavy atom. The van der Waals surface area contributed by atoms with Crippen molar-refractivity contribution in [2.75, 3.05) is 73.0 Å². The first kappa shape index (κ1) is 25.9. The molecule has 2 aliphatic heterocycles. The predicted molar refractivity (Wildman–Crippen MR) is 138 cm³/mol. The third-order valence-corrected chi connectivity index (χ3v) is 6.12. The Hall–Kier alpha value is -1.39. The third kappa shape index (κ3) is 8.94. The Labute approximate surface area is 204 Å². The number of hydrogen-bond acceptors (Lipinski definition) is 4. The summed E-state index contributed by atoms with van der Waals surface area (Å²) >= 11 is 0. The van der Waals surface area contributed by atoms with Crippen LogP contribution < -0.4 is 10.6 Å². The first-order valence-corrected chi connectivity index (χ1v) is 11.3. The highest BCUT2D eigenvalue weighted by Gasteiger charge is 2.29. The van der Waals surface area contributed by atoms with Crippen molar-refractivity contribution in [2.24, 2.45) is 10.9 Å². The number of carbonyl (C=O) groups is 1. The zero-order valence-corrected chi connectivity index (χ0v) is 21.4. The lowest BCUT2D eigenvalue weighted by molar-refractivity contribution is -0.127. The standard InChI is InChI=1S/C23H38N6O.HI/c1-24-23(25-10-14-28-12-6-11-27(2)15-16-28)26-18-21-17-22(30)29(19-21)13-9-20-7-4-3-5-8-20;/h3-5,7-8,21H,6,9-19H2,1-2H3,(H2,24,25,26);1H. The topological polar surface area (TPSA) is 63.2 Å². The Morgan fingerprint density at radius 3 is 2.68 bits per heavy atom. The minimum Gasteiger partial charge on any atom is -0.356 e. The number of likely N-dealkylation sites (N-methyl/N-ethyl adjacent to an activating group) is 1. The molecule has 3 rings (SSSR count). The second kappa shape index (κ2) is 13.9. The summed E-state index contributed by atoms with van der Waals surface area (Å²) < 4.78 is 0. The summed E-state index contributed by atoms with van der Waals surface area (Å²) in [7, 11) is 4.01. The second-order valence-electron chi connectivity index (χ2n) is 8.52. The van der Waals surface area contributed by atoms with E-state index in [0.717, 1.165) is 58.2 Å². The molecule has 2 N–H and O–H groups in total. The molecule has 1 unspecified atom stereocenters. The van der Waals surface area contributed by atoms with Crippen LogP contribution in [0.2, 0.25) is 0 Å². The van der Waals surface area contributed by atoms with Gasteiger partial charge in [-0.15, -0.1) is 24.0 Å². The zero-order chi connectivity index (χ0) is 21.2. The molecular weight excluding hydrogens is 503 g/mol. The number of hydrogen-bond donors (Lipinski definition) is 2. The number of benzene rings is 1. The van der Waals surface area contributed by atoms with E-state index in [0.29, 0.717) is 12.3 Å². The Kier molecular flexibility index (Phi) is 11.6. The summed E-state index contributed by atoms with van der Waals surface area (Å²) in [6, 6.07) is 10.4. The van der Waals surface area contributed by atoms with Gasteiger partial charge in [-0.25, -0.2) is 0 Å². The molecule has 31 heavy (non-hydrogen) atoms. The van der Waals surface area contributed by atoms with Crippen molar-refractivity contribution in [2.45, 2.75) is 19.3 Å². The van der Waals surface area contributed by atoms with Gasteiger partial charge in [-0.2, -0.15) is 0 Å². The highest BCUT2D eigenvalue weighted by Crippen LogP contribution is 2.17. The molecule has 0 radical (unpaired) electrons. The summed E-state index contributed by atoms with van der Waals surface area (Å²) in [6.45, 7) is 8.96. The summed E-state index contributed by atoms with van der Waals surface area (Å²) in [4.78, 5) is 23.6. The highest BCUT2D eigenvalue weighted by molar-refractivity contribution is 14.0. The van der Waals surface area contributed by atoms with Gasteiger partial charge < -0.3 is 25.3 Å². The van der Waals surface area contributed by atoms with E-state index in [4.69, 9.17) is 0 Å². The number of aliphatic imine (C=N–C) groups is 1. The van der Waals surface area contributed by atoms with Crippen LogP contribution in [0.15, 0.2) is 35.3 Å². The van der Waals surface area contributed by atoms with E-state index in [2.05, 4.69) is 56.7 Å². The SMILES string of the molecule is CN=C(NCCN1CCCN(C)CC1)NCC1CC(=O)N(CCc2ccccc2)C1.I. The molecule has 2 heterocycles. The molecular formula is C23H39IN6O. The number of nitrogens with one attached hydrogen (secondary N) is 2. The quantitative estimate of drug-likeness (QED) is 0.296. The molecule has 1 atom stereocenters. The van der Waals surface area contributed by atoms with Gasteiger partial charge in [-0.1, -0.05) is 30.3 Å². The molecule has 0 spiro atoms. The number of nitrogens with zero attached hydrogens (tertiary/aromatic N) is 4. The van der Waals surface area contributed by atoms with Crippen LogP contribution in [-0.2, 0) is 11.2 Å². The lowest BCUT2D eigenvalue weighted by Crippen LogP contribution is -2.43. The van der Waals surface area contributed by atoms with Gasteiger partial charge in [0, 0.05) is 65.2 Å². The number of halogens is 1. The fourth-order valence-corrected chi connectivity index (χ4v) is 4.23. The van der Waals surface area contributed by atoms with E-state index in [1.807, 2.05) is 18.0 Å². The van der Waals surface area contributed by atoms with Crippen molar-refractivity contribution in [3.8, 4) is 0 Å². The number of likely N-dealkylation sites (tertiary alicyclic amines) is 1. The van der Waals surface area contributed by atoms with Crippen LogP contribution in [0.1, 0.15) is 18.4 Å². The van der Waals surface area contributed by atoms with Crippen LogP contribution in [0.3, 0.4) is 0 Å².